The summed E-state index contributed by atoms with van der Waals surface area (Å²) in [6.07, 6.45) is 5.49. The highest BCUT2D eigenvalue weighted by atomic mass is 16.5. The van der Waals surface area contributed by atoms with E-state index in [1.807, 2.05) is 0 Å². The summed E-state index contributed by atoms with van der Waals surface area (Å²) in [5, 5.41) is 10.3. The number of morpholine rings is 1. The second kappa shape index (κ2) is 6.20. The fraction of sp³-hybridized carbons (Fsp3) is 0.929. The molecule has 5 heteroatoms. The summed E-state index contributed by atoms with van der Waals surface area (Å²) >= 11 is 0. The standard InChI is InChI=1S/C14H25N3O2/c18-14-5-4-10(8-16-14)17-12-3-1-2-11(12)13-9-19-7-6-15-13/h10-13,15,17H,1-9H2,(H,16,18). The van der Waals surface area contributed by atoms with Crippen molar-refractivity contribution in [2.75, 3.05) is 26.3 Å². The minimum Gasteiger partial charge on any atom is -0.379 e. The van der Waals surface area contributed by atoms with Gasteiger partial charge in [0.15, 0.2) is 0 Å². The van der Waals surface area contributed by atoms with Crippen molar-refractivity contribution in [3.05, 3.63) is 0 Å². The predicted molar refractivity (Wildman–Crippen MR) is 72.9 cm³/mol. The van der Waals surface area contributed by atoms with Crippen molar-refractivity contribution in [2.24, 2.45) is 5.92 Å². The fourth-order valence-electron chi connectivity index (χ4n) is 3.72. The van der Waals surface area contributed by atoms with Crippen LogP contribution < -0.4 is 16.0 Å². The van der Waals surface area contributed by atoms with Crippen LogP contribution in [0.25, 0.3) is 0 Å². The van der Waals surface area contributed by atoms with Crippen molar-refractivity contribution in [2.45, 2.75) is 50.2 Å². The molecule has 19 heavy (non-hydrogen) atoms. The molecule has 0 bridgehead atoms. The number of carbonyl (C=O) groups is 1. The molecule has 3 rings (SSSR count). The molecule has 3 fully saturated rings. The van der Waals surface area contributed by atoms with Gasteiger partial charge in [0.2, 0.25) is 5.91 Å². The second-order valence-corrected chi connectivity index (χ2v) is 6.04. The maximum absolute atomic E-state index is 11.2. The topological polar surface area (TPSA) is 62.4 Å². The van der Waals surface area contributed by atoms with E-state index >= 15 is 0 Å². The molecule has 1 saturated carbocycles. The molecule has 0 aromatic heterocycles. The van der Waals surface area contributed by atoms with E-state index in [2.05, 4.69) is 16.0 Å². The molecular formula is C14H25N3O2. The smallest absolute Gasteiger partial charge is 0.220 e. The molecule has 3 aliphatic rings. The molecular weight excluding hydrogens is 242 g/mol. The maximum atomic E-state index is 11.2. The van der Waals surface area contributed by atoms with E-state index in [0.29, 0.717) is 30.5 Å². The minimum absolute atomic E-state index is 0.198. The van der Waals surface area contributed by atoms with Crippen LogP contribution in [-0.2, 0) is 9.53 Å². The van der Waals surface area contributed by atoms with Gasteiger partial charge in [0, 0.05) is 37.6 Å². The predicted octanol–water partition coefficient (Wildman–Crippen LogP) is 0.0117. The molecule has 4 atom stereocenters. The van der Waals surface area contributed by atoms with E-state index in [1.165, 1.54) is 19.3 Å². The van der Waals surface area contributed by atoms with Gasteiger partial charge in [-0.1, -0.05) is 6.42 Å². The Kier molecular flexibility index (Phi) is 4.35. The largest absolute Gasteiger partial charge is 0.379 e. The summed E-state index contributed by atoms with van der Waals surface area (Å²) in [4.78, 5) is 11.2. The molecule has 0 aromatic rings. The molecule has 2 saturated heterocycles. The number of ether oxygens (including phenoxy) is 1. The van der Waals surface area contributed by atoms with Crippen LogP contribution in [-0.4, -0.2) is 50.3 Å². The first kappa shape index (κ1) is 13.3. The zero-order valence-electron chi connectivity index (χ0n) is 11.5. The van der Waals surface area contributed by atoms with Crippen molar-refractivity contribution in [3.63, 3.8) is 0 Å². The van der Waals surface area contributed by atoms with Gasteiger partial charge in [-0.2, -0.15) is 0 Å². The third-order valence-corrected chi connectivity index (χ3v) is 4.75. The maximum Gasteiger partial charge on any atom is 0.220 e. The van der Waals surface area contributed by atoms with E-state index in [9.17, 15) is 4.79 Å². The normalized spacial score (nSPS) is 40.1. The first-order chi connectivity index (χ1) is 9.33. The number of hydrogen-bond acceptors (Lipinski definition) is 4. The summed E-state index contributed by atoms with van der Waals surface area (Å²) in [6, 6.07) is 1.54. The van der Waals surface area contributed by atoms with Crippen molar-refractivity contribution < 1.29 is 9.53 Å². The van der Waals surface area contributed by atoms with Gasteiger partial charge in [0.1, 0.15) is 0 Å². The van der Waals surface area contributed by atoms with Crippen molar-refractivity contribution >= 4 is 5.91 Å². The summed E-state index contributed by atoms with van der Waals surface area (Å²) in [5.74, 6) is 0.876. The molecule has 1 amide bonds. The van der Waals surface area contributed by atoms with Crippen LogP contribution in [0.15, 0.2) is 0 Å². The number of nitrogens with one attached hydrogen (secondary N) is 3. The van der Waals surface area contributed by atoms with Crippen molar-refractivity contribution in [3.8, 4) is 0 Å². The average Bonchev–Trinajstić information content (AvgIpc) is 2.90. The summed E-state index contributed by atoms with van der Waals surface area (Å²) in [5.41, 5.74) is 0. The molecule has 0 spiro atoms. The van der Waals surface area contributed by atoms with Gasteiger partial charge < -0.3 is 20.7 Å². The summed E-state index contributed by atoms with van der Waals surface area (Å²) in [6.45, 7) is 3.46. The van der Waals surface area contributed by atoms with Crippen LogP contribution in [0, 0.1) is 5.92 Å². The molecule has 4 unspecified atom stereocenters. The highest BCUT2D eigenvalue weighted by Crippen LogP contribution is 2.30. The zero-order valence-corrected chi connectivity index (χ0v) is 11.5. The van der Waals surface area contributed by atoms with Gasteiger partial charge in [-0.25, -0.2) is 0 Å². The quantitative estimate of drug-likeness (QED) is 0.674. The Bertz CT molecular complexity index is 308. The Labute approximate surface area is 114 Å². The number of carbonyl (C=O) groups excluding carboxylic acids is 1. The third kappa shape index (κ3) is 3.27. The van der Waals surface area contributed by atoms with Crippen LogP contribution in [0.4, 0.5) is 0 Å². The Hall–Kier alpha value is -0.650. The number of piperidine rings is 1. The minimum atomic E-state index is 0.198. The molecule has 5 nitrogen and oxygen atoms in total. The van der Waals surface area contributed by atoms with E-state index in [1.54, 1.807) is 0 Å². The Morgan fingerprint density at radius 1 is 1.26 bits per heavy atom. The number of amides is 1. The molecule has 1 aliphatic carbocycles. The first-order valence-electron chi connectivity index (χ1n) is 7.67. The van der Waals surface area contributed by atoms with Gasteiger partial charge in [0.25, 0.3) is 0 Å². The van der Waals surface area contributed by atoms with E-state index in [4.69, 9.17) is 4.74 Å². The van der Waals surface area contributed by atoms with Gasteiger partial charge >= 0.3 is 0 Å². The number of hydrogen-bond donors (Lipinski definition) is 3. The van der Waals surface area contributed by atoms with Crippen LogP contribution in [0.2, 0.25) is 0 Å². The molecule has 0 aromatic carbocycles. The lowest BCUT2D eigenvalue weighted by molar-refractivity contribution is -0.122. The zero-order chi connectivity index (χ0) is 13.1. The summed E-state index contributed by atoms with van der Waals surface area (Å²) in [7, 11) is 0. The van der Waals surface area contributed by atoms with Crippen LogP contribution in [0.3, 0.4) is 0 Å². The van der Waals surface area contributed by atoms with E-state index < -0.39 is 0 Å². The van der Waals surface area contributed by atoms with Crippen LogP contribution in [0.5, 0.6) is 0 Å². The van der Waals surface area contributed by atoms with Crippen LogP contribution in [0.1, 0.15) is 32.1 Å². The monoisotopic (exact) mass is 267 g/mol. The van der Waals surface area contributed by atoms with Crippen molar-refractivity contribution in [1.29, 1.82) is 0 Å². The van der Waals surface area contributed by atoms with Crippen LogP contribution >= 0.6 is 0 Å². The Morgan fingerprint density at radius 3 is 2.95 bits per heavy atom. The third-order valence-electron chi connectivity index (χ3n) is 4.75. The second-order valence-electron chi connectivity index (χ2n) is 6.04. The van der Waals surface area contributed by atoms with Gasteiger partial charge in [-0.3, -0.25) is 4.79 Å². The fourth-order valence-corrected chi connectivity index (χ4v) is 3.72. The SMILES string of the molecule is O=C1CCC(NC2CCCC2C2COCCN2)CN1. The molecule has 2 aliphatic heterocycles. The Morgan fingerprint density at radius 2 is 2.21 bits per heavy atom. The highest BCUT2D eigenvalue weighted by Gasteiger charge is 2.36. The van der Waals surface area contributed by atoms with Gasteiger partial charge in [-0.15, -0.1) is 0 Å². The van der Waals surface area contributed by atoms with E-state index in [0.717, 1.165) is 32.7 Å². The lowest BCUT2D eigenvalue weighted by Gasteiger charge is -2.35. The molecule has 3 N–H and O–H groups in total. The van der Waals surface area contributed by atoms with E-state index in [-0.39, 0.29) is 5.91 Å². The lowest BCUT2D eigenvalue weighted by atomic mass is 9.92. The lowest BCUT2D eigenvalue weighted by Crippen LogP contribution is -2.55. The molecule has 108 valence electrons. The molecule has 2 heterocycles. The van der Waals surface area contributed by atoms with Gasteiger partial charge in [-0.05, 0) is 25.2 Å². The highest BCUT2D eigenvalue weighted by molar-refractivity contribution is 5.76. The van der Waals surface area contributed by atoms with Crippen molar-refractivity contribution in [1.82, 2.24) is 16.0 Å². The number of rotatable bonds is 3. The average molecular weight is 267 g/mol. The first-order valence-corrected chi connectivity index (χ1v) is 7.67. The van der Waals surface area contributed by atoms with Gasteiger partial charge in [0.05, 0.1) is 13.2 Å². The molecule has 0 radical (unpaired) electrons. The summed E-state index contributed by atoms with van der Waals surface area (Å²) < 4.78 is 5.60. The Balaban J connectivity index is 1.52.